The molecule has 0 amide bonds. The van der Waals surface area contributed by atoms with Gasteiger partial charge in [-0.2, -0.15) is 0 Å². The Hall–Kier alpha value is -2.02. The molecule has 1 spiro atoms. The molecule has 7 rings (SSSR count). The van der Waals surface area contributed by atoms with Crippen molar-refractivity contribution in [2.24, 2.45) is 16.7 Å². The van der Waals surface area contributed by atoms with Crippen LogP contribution in [0.25, 0.3) is 0 Å². The average Bonchev–Trinajstić information content (AvgIpc) is 3.39. The van der Waals surface area contributed by atoms with Gasteiger partial charge in [-0.15, -0.1) is 0 Å². The molecular weight excluding hydrogens is 454 g/mol. The minimum atomic E-state index is -0.224. The largest absolute Gasteiger partial charge is 0.504 e. The van der Waals surface area contributed by atoms with E-state index in [0.717, 1.165) is 49.5 Å². The van der Waals surface area contributed by atoms with Crippen molar-refractivity contribution < 1.29 is 23.7 Å². The third-order valence-corrected chi connectivity index (χ3v) is 10.6. The number of furan rings is 1. The fourth-order valence-electron chi connectivity index (χ4n) is 9.09. The Morgan fingerprint density at radius 3 is 2.81 bits per heavy atom. The molecule has 2 saturated carbocycles. The van der Waals surface area contributed by atoms with Gasteiger partial charge in [0.15, 0.2) is 11.5 Å². The lowest BCUT2D eigenvalue weighted by molar-refractivity contribution is -0.228. The van der Waals surface area contributed by atoms with Gasteiger partial charge in [0.25, 0.3) is 0 Å². The number of likely N-dealkylation sites (tertiary alicyclic amines) is 1. The summed E-state index contributed by atoms with van der Waals surface area (Å²) < 4.78 is 24.8. The van der Waals surface area contributed by atoms with E-state index < -0.39 is 0 Å². The Bertz CT molecular complexity index is 1140. The molecule has 194 valence electrons. The lowest BCUT2D eigenvalue weighted by Gasteiger charge is -2.69. The number of rotatable bonds is 8. The van der Waals surface area contributed by atoms with Crippen LogP contribution in [-0.2, 0) is 27.9 Å². The second-order valence-electron chi connectivity index (χ2n) is 12.5. The molecule has 1 unspecified atom stereocenters. The quantitative estimate of drug-likeness (QED) is 0.554. The monoisotopic (exact) mass is 493 g/mol. The van der Waals surface area contributed by atoms with E-state index in [-0.39, 0.29) is 34.2 Å². The van der Waals surface area contributed by atoms with Crippen LogP contribution in [0.3, 0.4) is 0 Å². The van der Waals surface area contributed by atoms with Crippen molar-refractivity contribution >= 4 is 0 Å². The Labute approximate surface area is 213 Å². The fraction of sp³-hybridized carbons (Fsp3) is 0.667. The maximum absolute atomic E-state index is 11.0. The van der Waals surface area contributed by atoms with E-state index >= 15 is 0 Å². The van der Waals surface area contributed by atoms with Gasteiger partial charge in [0.1, 0.15) is 12.2 Å². The van der Waals surface area contributed by atoms with Gasteiger partial charge in [-0.3, -0.25) is 4.90 Å². The van der Waals surface area contributed by atoms with Gasteiger partial charge in [0.2, 0.25) is 0 Å². The first kappa shape index (κ1) is 23.1. The number of benzene rings is 1. The van der Waals surface area contributed by atoms with Crippen molar-refractivity contribution in [3.8, 4) is 11.5 Å². The SMILES string of the molecule is CC[C@@]12C[C@](C)(COCc3ccoc3)C(OC)[C@H]3Oc4c(O)ccc5c4[C@]31CCN(CC1CC1)[C@H]2C5. The molecule has 1 aromatic carbocycles. The summed E-state index contributed by atoms with van der Waals surface area (Å²) in [7, 11) is 1.82. The molecule has 3 fully saturated rings. The Balaban J connectivity index is 1.34. The van der Waals surface area contributed by atoms with E-state index in [1.807, 2.05) is 19.2 Å². The third kappa shape index (κ3) is 2.95. The van der Waals surface area contributed by atoms with Crippen LogP contribution < -0.4 is 4.74 Å². The number of aromatic hydroxyl groups is 1. The highest BCUT2D eigenvalue weighted by Gasteiger charge is 2.75. The molecule has 3 aliphatic carbocycles. The predicted molar refractivity (Wildman–Crippen MR) is 135 cm³/mol. The summed E-state index contributed by atoms with van der Waals surface area (Å²) in [6.45, 7) is 8.17. The molecule has 5 aliphatic rings. The maximum atomic E-state index is 11.0. The minimum absolute atomic E-state index is 0.0413. The van der Waals surface area contributed by atoms with Crippen LogP contribution in [0, 0.1) is 16.7 Å². The van der Waals surface area contributed by atoms with Crippen molar-refractivity contribution in [3.05, 3.63) is 47.4 Å². The number of nitrogens with zero attached hydrogens (tertiary/aromatic N) is 1. The molecule has 2 aliphatic heterocycles. The molecule has 2 aromatic rings. The number of phenols is 1. The van der Waals surface area contributed by atoms with Crippen LogP contribution in [0.5, 0.6) is 11.5 Å². The summed E-state index contributed by atoms with van der Waals surface area (Å²) in [5.41, 5.74) is 3.39. The molecule has 2 bridgehead atoms. The topological polar surface area (TPSA) is 64.3 Å². The highest BCUT2D eigenvalue weighted by molar-refractivity contribution is 5.62. The van der Waals surface area contributed by atoms with Crippen molar-refractivity contribution in [2.75, 3.05) is 26.8 Å². The van der Waals surface area contributed by atoms with Crippen LogP contribution in [0.15, 0.2) is 35.1 Å². The lowest BCUT2D eigenvalue weighted by Crippen LogP contribution is -2.76. The Kier molecular flexibility index (Phi) is 5.13. The first-order valence-electron chi connectivity index (χ1n) is 13.8. The number of phenolic OH excluding ortho intramolecular Hbond substituents is 1. The molecule has 6 heteroatoms. The molecule has 0 radical (unpaired) electrons. The van der Waals surface area contributed by atoms with Gasteiger partial charge < -0.3 is 23.7 Å². The Morgan fingerprint density at radius 1 is 1.22 bits per heavy atom. The average molecular weight is 494 g/mol. The highest BCUT2D eigenvalue weighted by Crippen LogP contribution is 2.73. The van der Waals surface area contributed by atoms with Crippen LogP contribution in [-0.4, -0.2) is 55.1 Å². The summed E-state index contributed by atoms with van der Waals surface area (Å²) in [6.07, 6.45) is 10.1. The molecule has 36 heavy (non-hydrogen) atoms. The molecule has 1 aromatic heterocycles. The zero-order valence-electron chi connectivity index (χ0n) is 21.8. The molecule has 1 saturated heterocycles. The summed E-state index contributed by atoms with van der Waals surface area (Å²) >= 11 is 0. The summed E-state index contributed by atoms with van der Waals surface area (Å²) in [5, 5.41) is 11.0. The smallest absolute Gasteiger partial charge is 0.165 e. The van der Waals surface area contributed by atoms with Crippen LogP contribution in [0.2, 0.25) is 0 Å². The lowest BCUT2D eigenvalue weighted by atomic mass is 9.39. The van der Waals surface area contributed by atoms with E-state index in [1.165, 1.54) is 30.5 Å². The van der Waals surface area contributed by atoms with Crippen LogP contribution >= 0.6 is 0 Å². The van der Waals surface area contributed by atoms with Gasteiger partial charge in [-0.05, 0) is 68.7 Å². The standard InChI is InChI=1S/C30H39NO5/c1-4-29-17-28(2,18-35-16-20-9-12-34-15-20)26(33-3)27-30(29)10-11-31(14-19-5-6-19)23(29)13-21-7-8-22(32)25(36-27)24(21)30/h7-9,12,15,19,23,26-27,32H,4-6,10-11,13-14,16-18H2,1-3H3/t23-,26?,27+,28+,29-,30+/m0/s1. The van der Waals surface area contributed by atoms with Crippen molar-refractivity contribution in [3.63, 3.8) is 0 Å². The number of ether oxygens (including phenoxy) is 3. The number of hydrogen-bond acceptors (Lipinski definition) is 6. The van der Waals surface area contributed by atoms with Crippen LogP contribution in [0.1, 0.15) is 62.6 Å². The number of methoxy groups -OCH3 is 1. The van der Waals surface area contributed by atoms with Gasteiger partial charge in [-0.1, -0.05) is 19.9 Å². The first-order valence-corrected chi connectivity index (χ1v) is 13.8. The number of piperidine rings is 1. The van der Waals surface area contributed by atoms with Gasteiger partial charge >= 0.3 is 0 Å². The number of hydrogen-bond donors (Lipinski definition) is 1. The summed E-state index contributed by atoms with van der Waals surface area (Å²) in [5.74, 6) is 1.85. The van der Waals surface area contributed by atoms with E-state index in [2.05, 4.69) is 24.8 Å². The van der Waals surface area contributed by atoms with Crippen molar-refractivity contribution in [1.29, 1.82) is 0 Å². The molecule has 6 atom stereocenters. The normalized spacial score (nSPS) is 38.6. The second-order valence-corrected chi connectivity index (χ2v) is 12.5. The van der Waals surface area contributed by atoms with E-state index in [9.17, 15) is 5.11 Å². The highest BCUT2D eigenvalue weighted by atomic mass is 16.5. The molecule has 3 heterocycles. The van der Waals surface area contributed by atoms with Crippen molar-refractivity contribution in [2.45, 2.75) is 82.6 Å². The van der Waals surface area contributed by atoms with Gasteiger partial charge in [0, 0.05) is 47.1 Å². The summed E-state index contributed by atoms with van der Waals surface area (Å²) in [6, 6.07) is 6.44. The predicted octanol–water partition coefficient (Wildman–Crippen LogP) is 5.06. The molecular formula is C30H39NO5. The molecule has 1 N–H and O–H groups in total. The van der Waals surface area contributed by atoms with E-state index in [1.54, 1.807) is 12.5 Å². The second kappa shape index (κ2) is 7.99. The zero-order chi connectivity index (χ0) is 24.7. The summed E-state index contributed by atoms with van der Waals surface area (Å²) in [4.78, 5) is 2.83. The first-order chi connectivity index (χ1) is 17.5. The molecule has 6 nitrogen and oxygen atoms in total. The van der Waals surface area contributed by atoms with E-state index in [0.29, 0.717) is 19.3 Å². The maximum Gasteiger partial charge on any atom is 0.165 e. The zero-order valence-corrected chi connectivity index (χ0v) is 21.8. The van der Waals surface area contributed by atoms with Crippen molar-refractivity contribution in [1.82, 2.24) is 4.90 Å². The fourth-order valence-corrected chi connectivity index (χ4v) is 9.09. The van der Waals surface area contributed by atoms with Gasteiger partial charge in [-0.25, -0.2) is 0 Å². The third-order valence-electron chi connectivity index (χ3n) is 10.6. The Morgan fingerprint density at radius 2 is 2.08 bits per heavy atom. The van der Waals surface area contributed by atoms with E-state index in [4.69, 9.17) is 18.6 Å². The van der Waals surface area contributed by atoms with Crippen LogP contribution in [0.4, 0.5) is 0 Å². The minimum Gasteiger partial charge on any atom is -0.504 e. The van der Waals surface area contributed by atoms with Gasteiger partial charge in [0.05, 0.1) is 25.7 Å².